The number of anilines is 2. The molecule has 0 amide bonds. The van der Waals surface area contributed by atoms with Crippen molar-refractivity contribution in [1.29, 1.82) is 0 Å². The molecule has 0 saturated carbocycles. The van der Waals surface area contributed by atoms with Gasteiger partial charge in [-0.1, -0.05) is 28.1 Å². The highest BCUT2D eigenvalue weighted by molar-refractivity contribution is 9.10. The summed E-state index contributed by atoms with van der Waals surface area (Å²) in [6.45, 7) is 0. The van der Waals surface area contributed by atoms with Gasteiger partial charge in [0, 0.05) is 39.6 Å². The Hall–Kier alpha value is -3.21. The number of sulfonamides is 1. The number of halogens is 1. The van der Waals surface area contributed by atoms with E-state index in [9.17, 15) is 8.42 Å². The lowest BCUT2D eigenvalue weighted by Gasteiger charge is -2.29. The standard InChI is InChI=1S/C25H22BrN5O2S2/c1-35(32,33)29-18-10-12-19(13-11-18)31-24(23(28-25(31)34)21-8-2-3-14-27-21)22-9-5-15-30(22)20-7-4-6-17(26)16-20/h2-16,23-24,29H,1H3,(H,28,34). The fourth-order valence-corrected chi connectivity index (χ4v) is 5.63. The molecule has 7 nitrogen and oxygen atoms in total. The summed E-state index contributed by atoms with van der Waals surface area (Å²) in [4.78, 5) is 6.67. The Bertz CT molecular complexity index is 1470. The van der Waals surface area contributed by atoms with Crippen molar-refractivity contribution in [2.24, 2.45) is 0 Å². The van der Waals surface area contributed by atoms with Crippen molar-refractivity contribution >= 4 is 54.7 Å². The van der Waals surface area contributed by atoms with Crippen LogP contribution in [-0.4, -0.2) is 29.3 Å². The molecule has 2 atom stereocenters. The van der Waals surface area contributed by atoms with Gasteiger partial charge in [0.1, 0.15) is 6.04 Å². The van der Waals surface area contributed by atoms with Gasteiger partial charge in [-0.2, -0.15) is 0 Å². The molecule has 1 aliphatic heterocycles. The van der Waals surface area contributed by atoms with Crippen LogP contribution in [0.3, 0.4) is 0 Å². The molecule has 4 aromatic rings. The van der Waals surface area contributed by atoms with Gasteiger partial charge in [0.25, 0.3) is 0 Å². The molecular formula is C25H22BrN5O2S2. The van der Waals surface area contributed by atoms with Crippen molar-refractivity contribution in [3.63, 3.8) is 0 Å². The topological polar surface area (TPSA) is 79.3 Å². The summed E-state index contributed by atoms with van der Waals surface area (Å²) >= 11 is 9.38. The summed E-state index contributed by atoms with van der Waals surface area (Å²) in [7, 11) is -3.37. The second-order valence-electron chi connectivity index (χ2n) is 8.20. The van der Waals surface area contributed by atoms with Gasteiger partial charge in [0.15, 0.2) is 5.11 Å². The molecule has 2 aromatic carbocycles. The molecule has 1 fully saturated rings. The summed E-state index contributed by atoms with van der Waals surface area (Å²) in [6, 6.07) is 24.9. The molecule has 35 heavy (non-hydrogen) atoms. The number of hydrogen-bond acceptors (Lipinski definition) is 4. The molecule has 0 aliphatic carbocycles. The Morgan fingerprint density at radius 2 is 1.80 bits per heavy atom. The van der Waals surface area contributed by atoms with Crippen LogP contribution >= 0.6 is 28.1 Å². The predicted octanol–water partition coefficient (Wildman–Crippen LogP) is 5.18. The number of pyridine rings is 1. The molecule has 0 bridgehead atoms. The van der Waals surface area contributed by atoms with E-state index in [1.54, 1.807) is 18.3 Å². The highest BCUT2D eigenvalue weighted by Gasteiger charge is 2.42. The largest absolute Gasteiger partial charge is 0.351 e. The zero-order chi connectivity index (χ0) is 24.6. The molecule has 0 spiro atoms. The van der Waals surface area contributed by atoms with Crippen molar-refractivity contribution < 1.29 is 8.42 Å². The van der Waals surface area contributed by atoms with E-state index < -0.39 is 10.0 Å². The van der Waals surface area contributed by atoms with Crippen LogP contribution in [0.1, 0.15) is 23.5 Å². The van der Waals surface area contributed by atoms with Gasteiger partial charge >= 0.3 is 0 Å². The minimum absolute atomic E-state index is 0.196. The zero-order valence-electron chi connectivity index (χ0n) is 18.7. The van der Waals surface area contributed by atoms with E-state index in [1.807, 2.05) is 54.7 Å². The highest BCUT2D eigenvalue weighted by Crippen LogP contribution is 2.42. The van der Waals surface area contributed by atoms with Gasteiger partial charge in [0.05, 0.1) is 18.0 Å². The molecule has 3 heterocycles. The first-order chi connectivity index (χ1) is 16.8. The van der Waals surface area contributed by atoms with Gasteiger partial charge in [-0.05, 0) is 78.9 Å². The normalized spacial score (nSPS) is 17.9. The number of rotatable bonds is 6. The monoisotopic (exact) mass is 567 g/mol. The van der Waals surface area contributed by atoms with Crippen LogP contribution in [0.2, 0.25) is 0 Å². The first-order valence-corrected chi connectivity index (χ1v) is 13.9. The lowest BCUT2D eigenvalue weighted by molar-refractivity contribution is 0.549. The maximum absolute atomic E-state index is 11.6. The first-order valence-electron chi connectivity index (χ1n) is 10.8. The van der Waals surface area contributed by atoms with E-state index in [2.05, 4.69) is 58.6 Å². The third-order valence-corrected chi connectivity index (χ3v) is 7.13. The third-order valence-electron chi connectivity index (χ3n) is 5.72. The van der Waals surface area contributed by atoms with Crippen LogP contribution < -0.4 is 14.9 Å². The van der Waals surface area contributed by atoms with Gasteiger partial charge in [-0.3, -0.25) is 9.71 Å². The SMILES string of the molecule is CS(=O)(=O)Nc1ccc(N2C(=S)NC(c3ccccn3)C2c2cccn2-c2cccc(Br)c2)cc1. The summed E-state index contributed by atoms with van der Waals surface area (Å²) in [6.07, 6.45) is 4.94. The first kappa shape index (κ1) is 23.5. The molecular weight excluding hydrogens is 546 g/mol. The molecule has 0 radical (unpaired) electrons. The molecule has 1 saturated heterocycles. The second-order valence-corrected chi connectivity index (χ2v) is 11.3. The quantitative estimate of drug-likeness (QED) is 0.312. The minimum atomic E-state index is -3.37. The number of benzene rings is 2. The lowest BCUT2D eigenvalue weighted by atomic mass is 10.0. The van der Waals surface area contributed by atoms with Crippen molar-refractivity contribution in [2.75, 3.05) is 15.9 Å². The zero-order valence-corrected chi connectivity index (χ0v) is 21.9. The average molecular weight is 569 g/mol. The Morgan fingerprint density at radius 1 is 1.00 bits per heavy atom. The van der Waals surface area contributed by atoms with E-state index in [-0.39, 0.29) is 12.1 Å². The van der Waals surface area contributed by atoms with Crippen molar-refractivity contribution in [3.8, 4) is 5.69 Å². The fraction of sp³-hybridized carbons (Fsp3) is 0.120. The molecule has 2 aromatic heterocycles. The van der Waals surface area contributed by atoms with Crippen molar-refractivity contribution in [2.45, 2.75) is 12.1 Å². The van der Waals surface area contributed by atoms with Crippen LogP contribution in [0.5, 0.6) is 0 Å². The number of nitrogens with one attached hydrogen (secondary N) is 2. The number of nitrogens with zero attached hydrogens (tertiary/aromatic N) is 3. The highest BCUT2D eigenvalue weighted by atomic mass is 79.9. The maximum Gasteiger partial charge on any atom is 0.229 e. The molecule has 1 aliphatic rings. The predicted molar refractivity (Wildman–Crippen MR) is 146 cm³/mol. The van der Waals surface area contributed by atoms with Gasteiger partial charge in [-0.25, -0.2) is 8.42 Å². The Balaban J connectivity index is 1.61. The number of aromatic nitrogens is 2. The van der Waals surface area contributed by atoms with Gasteiger partial charge in [0.2, 0.25) is 10.0 Å². The summed E-state index contributed by atoms with van der Waals surface area (Å²) in [5, 5.41) is 4.03. The van der Waals surface area contributed by atoms with E-state index in [0.717, 1.165) is 33.5 Å². The van der Waals surface area contributed by atoms with Gasteiger partial charge < -0.3 is 14.8 Å². The van der Waals surface area contributed by atoms with Crippen LogP contribution in [0.15, 0.2) is 95.7 Å². The summed E-state index contributed by atoms with van der Waals surface area (Å²) in [5.74, 6) is 0. The smallest absolute Gasteiger partial charge is 0.229 e. The minimum Gasteiger partial charge on any atom is -0.351 e. The van der Waals surface area contributed by atoms with Crippen LogP contribution in [0.4, 0.5) is 11.4 Å². The van der Waals surface area contributed by atoms with E-state index in [0.29, 0.717) is 10.8 Å². The Kier molecular flexibility index (Phi) is 6.35. The molecule has 2 unspecified atom stereocenters. The van der Waals surface area contributed by atoms with E-state index >= 15 is 0 Å². The fourth-order valence-electron chi connectivity index (χ4n) is 4.33. The molecule has 2 N–H and O–H groups in total. The van der Waals surface area contributed by atoms with Crippen molar-refractivity contribution in [1.82, 2.24) is 14.9 Å². The maximum atomic E-state index is 11.6. The van der Waals surface area contributed by atoms with Crippen molar-refractivity contribution in [3.05, 3.63) is 107 Å². The molecule has 10 heteroatoms. The summed E-state index contributed by atoms with van der Waals surface area (Å²) in [5.41, 5.74) is 4.25. The average Bonchev–Trinajstić information content (AvgIpc) is 3.43. The van der Waals surface area contributed by atoms with Crippen LogP contribution in [-0.2, 0) is 10.0 Å². The van der Waals surface area contributed by atoms with E-state index in [1.165, 1.54) is 0 Å². The molecule has 178 valence electrons. The van der Waals surface area contributed by atoms with Crippen LogP contribution in [0.25, 0.3) is 5.69 Å². The third kappa shape index (κ3) is 4.95. The number of hydrogen-bond donors (Lipinski definition) is 2. The van der Waals surface area contributed by atoms with Gasteiger partial charge in [-0.15, -0.1) is 0 Å². The lowest BCUT2D eigenvalue weighted by Crippen LogP contribution is -2.30. The Morgan fingerprint density at radius 3 is 2.49 bits per heavy atom. The van der Waals surface area contributed by atoms with E-state index in [4.69, 9.17) is 12.2 Å². The van der Waals surface area contributed by atoms with Crippen LogP contribution in [0, 0.1) is 0 Å². The molecule has 5 rings (SSSR count). The Labute approximate surface area is 218 Å². The number of thiocarbonyl (C=S) groups is 1. The second kappa shape index (κ2) is 9.44. The summed E-state index contributed by atoms with van der Waals surface area (Å²) < 4.78 is 28.9.